The average Bonchev–Trinajstić information content (AvgIpc) is 2.90. The second-order valence-corrected chi connectivity index (χ2v) is 7.94. The normalized spacial score (nSPS) is 10.4. The van der Waals surface area contributed by atoms with Gasteiger partial charge in [0, 0.05) is 11.4 Å². The van der Waals surface area contributed by atoms with Crippen LogP contribution in [0.25, 0.3) is 0 Å². The van der Waals surface area contributed by atoms with E-state index in [4.69, 9.17) is 30.4 Å². The lowest BCUT2D eigenvalue weighted by atomic mass is 10.3. The maximum atomic E-state index is 6.08. The molecule has 0 aromatic heterocycles. The second kappa shape index (κ2) is 10.4. The van der Waals surface area contributed by atoms with Gasteiger partial charge in [0.1, 0.15) is 34.5 Å². The molecule has 6 nitrogen and oxygen atoms in total. The highest BCUT2D eigenvalue weighted by molar-refractivity contribution is 5.48. The second-order valence-electron chi connectivity index (χ2n) is 7.94. The molecule has 178 valence electrons. The lowest BCUT2D eigenvalue weighted by Crippen LogP contribution is -1.91. The van der Waals surface area contributed by atoms with E-state index in [1.54, 1.807) is 24.3 Å². The summed E-state index contributed by atoms with van der Waals surface area (Å²) in [5, 5.41) is 0. The van der Waals surface area contributed by atoms with Crippen molar-refractivity contribution in [3.8, 4) is 46.0 Å². The Morgan fingerprint density at radius 2 is 0.556 bits per heavy atom. The predicted molar refractivity (Wildman–Crippen MR) is 141 cm³/mol. The van der Waals surface area contributed by atoms with E-state index in [-0.39, 0.29) is 0 Å². The molecule has 0 unspecified atom stereocenters. The number of anilines is 2. The van der Waals surface area contributed by atoms with Crippen molar-refractivity contribution >= 4 is 11.4 Å². The number of nitrogens with two attached hydrogens (primary N) is 2. The smallest absolute Gasteiger partial charge is 0.169 e. The molecule has 0 saturated carbocycles. The molecular formula is C30H24N2O4. The van der Waals surface area contributed by atoms with Crippen LogP contribution in [0.5, 0.6) is 46.0 Å². The van der Waals surface area contributed by atoms with Crippen LogP contribution < -0.4 is 30.4 Å². The third-order valence-electron chi connectivity index (χ3n) is 5.18. The molecule has 36 heavy (non-hydrogen) atoms. The Kier molecular flexibility index (Phi) is 6.58. The summed E-state index contributed by atoms with van der Waals surface area (Å²) >= 11 is 0. The van der Waals surface area contributed by atoms with E-state index in [9.17, 15) is 0 Å². The number of hydrogen-bond acceptors (Lipinski definition) is 6. The van der Waals surface area contributed by atoms with Crippen LogP contribution in [-0.2, 0) is 0 Å². The molecule has 0 atom stereocenters. The molecule has 0 aliphatic carbocycles. The Bertz CT molecular complexity index is 1300. The molecule has 0 bridgehead atoms. The highest BCUT2D eigenvalue weighted by Gasteiger charge is 2.08. The minimum Gasteiger partial charge on any atom is -0.457 e. The van der Waals surface area contributed by atoms with Crippen molar-refractivity contribution in [3.05, 3.63) is 121 Å². The van der Waals surface area contributed by atoms with Gasteiger partial charge in [0.05, 0.1) is 0 Å². The molecular weight excluding hydrogens is 452 g/mol. The zero-order valence-electron chi connectivity index (χ0n) is 19.3. The third kappa shape index (κ3) is 5.87. The van der Waals surface area contributed by atoms with Crippen molar-refractivity contribution in [2.45, 2.75) is 0 Å². The van der Waals surface area contributed by atoms with Crippen LogP contribution in [-0.4, -0.2) is 0 Å². The SMILES string of the molecule is Nc1ccc(Oc2ccc(Oc3ccccc3Oc3ccc(Oc4ccc(N)cc4)cc3)cc2)cc1. The standard InChI is InChI=1S/C30H24N2O4/c31-21-5-9-23(10-6-21)33-25-13-17-27(18-14-25)35-29-3-1-2-4-30(29)36-28-19-15-26(16-20-28)34-24-11-7-22(32)8-12-24/h1-20H,31-32H2. The lowest BCUT2D eigenvalue weighted by Gasteiger charge is -2.13. The van der Waals surface area contributed by atoms with Crippen LogP contribution in [0.15, 0.2) is 121 Å². The van der Waals surface area contributed by atoms with Crippen LogP contribution in [0.3, 0.4) is 0 Å². The molecule has 5 aromatic carbocycles. The maximum Gasteiger partial charge on any atom is 0.169 e. The number of ether oxygens (including phenoxy) is 4. The lowest BCUT2D eigenvalue weighted by molar-refractivity contribution is 0.417. The summed E-state index contributed by atoms with van der Waals surface area (Å²) in [6.45, 7) is 0. The van der Waals surface area contributed by atoms with Crippen LogP contribution in [0.4, 0.5) is 11.4 Å². The molecule has 4 N–H and O–H groups in total. The Hall–Kier alpha value is -5.10. The van der Waals surface area contributed by atoms with Gasteiger partial charge in [-0.2, -0.15) is 0 Å². The van der Waals surface area contributed by atoms with Gasteiger partial charge < -0.3 is 30.4 Å². The molecule has 0 aliphatic heterocycles. The molecule has 0 aliphatic rings. The third-order valence-corrected chi connectivity index (χ3v) is 5.18. The zero-order valence-corrected chi connectivity index (χ0v) is 19.3. The molecule has 0 fully saturated rings. The number of nitrogen functional groups attached to an aromatic ring is 2. The first-order valence-corrected chi connectivity index (χ1v) is 11.3. The summed E-state index contributed by atoms with van der Waals surface area (Å²) in [5.41, 5.74) is 12.8. The highest BCUT2D eigenvalue weighted by Crippen LogP contribution is 2.36. The molecule has 0 amide bonds. The first-order valence-electron chi connectivity index (χ1n) is 11.3. The van der Waals surface area contributed by atoms with Crippen molar-refractivity contribution in [3.63, 3.8) is 0 Å². The summed E-state index contributed by atoms with van der Waals surface area (Å²) in [5.74, 6) is 5.29. The first-order chi connectivity index (χ1) is 17.6. The quantitative estimate of drug-likeness (QED) is 0.220. The molecule has 0 radical (unpaired) electrons. The van der Waals surface area contributed by atoms with Crippen LogP contribution in [0.1, 0.15) is 0 Å². The van der Waals surface area contributed by atoms with Crippen molar-refractivity contribution in [1.29, 1.82) is 0 Å². The molecule has 0 heterocycles. The highest BCUT2D eigenvalue weighted by atomic mass is 16.5. The minimum atomic E-state index is 0.590. The fourth-order valence-corrected chi connectivity index (χ4v) is 3.37. The number of rotatable bonds is 8. The number of hydrogen-bond donors (Lipinski definition) is 2. The van der Waals surface area contributed by atoms with Crippen molar-refractivity contribution in [1.82, 2.24) is 0 Å². The van der Waals surface area contributed by atoms with Gasteiger partial charge in [0.15, 0.2) is 11.5 Å². The van der Waals surface area contributed by atoms with Gasteiger partial charge >= 0.3 is 0 Å². The van der Waals surface area contributed by atoms with Crippen LogP contribution in [0, 0.1) is 0 Å². The summed E-state index contributed by atoms with van der Waals surface area (Å²) < 4.78 is 23.9. The van der Waals surface area contributed by atoms with E-state index in [2.05, 4.69) is 0 Å². The van der Waals surface area contributed by atoms with Gasteiger partial charge in [0.25, 0.3) is 0 Å². The Balaban J connectivity index is 1.23. The van der Waals surface area contributed by atoms with E-state index in [1.807, 2.05) is 97.1 Å². The van der Waals surface area contributed by atoms with Gasteiger partial charge in [-0.05, 0) is 109 Å². The average molecular weight is 477 g/mol. The van der Waals surface area contributed by atoms with Gasteiger partial charge in [0.2, 0.25) is 0 Å². The summed E-state index contributed by atoms with van der Waals surface area (Å²) in [7, 11) is 0. The monoisotopic (exact) mass is 476 g/mol. The van der Waals surface area contributed by atoms with Crippen LogP contribution >= 0.6 is 0 Å². The Morgan fingerprint density at radius 3 is 0.861 bits per heavy atom. The summed E-state index contributed by atoms with van der Waals surface area (Å²) in [6.07, 6.45) is 0. The van der Waals surface area contributed by atoms with Crippen molar-refractivity contribution in [2.24, 2.45) is 0 Å². The summed E-state index contributed by atoms with van der Waals surface area (Å²) in [6, 6.07) is 36.7. The van der Waals surface area contributed by atoms with Crippen molar-refractivity contribution in [2.75, 3.05) is 11.5 Å². The zero-order chi connectivity index (χ0) is 24.7. The molecule has 5 aromatic rings. The number of benzene rings is 5. The Labute approximate surface area is 209 Å². The summed E-state index contributed by atoms with van der Waals surface area (Å²) in [4.78, 5) is 0. The molecule has 5 rings (SSSR count). The first kappa shape index (κ1) is 22.7. The predicted octanol–water partition coefficient (Wildman–Crippen LogP) is 8.02. The van der Waals surface area contributed by atoms with E-state index >= 15 is 0 Å². The van der Waals surface area contributed by atoms with E-state index in [0.717, 1.165) is 0 Å². The Morgan fingerprint density at radius 1 is 0.306 bits per heavy atom. The van der Waals surface area contributed by atoms with Crippen LogP contribution in [0.2, 0.25) is 0 Å². The fourth-order valence-electron chi connectivity index (χ4n) is 3.37. The topological polar surface area (TPSA) is 89.0 Å². The van der Waals surface area contributed by atoms with Gasteiger partial charge in [-0.15, -0.1) is 0 Å². The minimum absolute atomic E-state index is 0.590. The fraction of sp³-hybridized carbons (Fsp3) is 0. The largest absolute Gasteiger partial charge is 0.457 e. The molecule has 0 spiro atoms. The van der Waals surface area contributed by atoms with E-state index < -0.39 is 0 Å². The van der Waals surface area contributed by atoms with Gasteiger partial charge in [-0.3, -0.25) is 0 Å². The maximum absolute atomic E-state index is 6.08. The van der Waals surface area contributed by atoms with Gasteiger partial charge in [-0.1, -0.05) is 12.1 Å². The molecule has 0 saturated heterocycles. The van der Waals surface area contributed by atoms with E-state index in [0.29, 0.717) is 57.4 Å². The number of para-hydroxylation sites is 2. The van der Waals surface area contributed by atoms with E-state index in [1.165, 1.54) is 0 Å². The van der Waals surface area contributed by atoms with Crippen molar-refractivity contribution < 1.29 is 18.9 Å². The van der Waals surface area contributed by atoms with Gasteiger partial charge in [-0.25, -0.2) is 0 Å². The molecule has 6 heteroatoms.